The van der Waals surface area contributed by atoms with Crippen molar-refractivity contribution < 1.29 is 0 Å². The minimum absolute atomic E-state index is 0.116. The van der Waals surface area contributed by atoms with Crippen LogP contribution in [0.2, 0.25) is 0 Å². The molecule has 0 bridgehead atoms. The molecular formula is C59H69BrN6O6. The fraction of sp³-hybridized carbons (Fsp3) is 0.424. The molecule has 0 unspecified atom stereocenters. The lowest BCUT2D eigenvalue weighted by Crippen LogP contribution is -2.42. The molecular weight excluding hydrogens is 969 g/mol. The molecule has 0 saturated heterocycles. The summed E-state index contributed by atoms with van der Waals surface area (Å²) in [5, 5.41) is 0. The molecule has 3 heterocycles. The molecule has 8 rings (SSSR count). The number of nitrogens with zero attached hydrogens (tertiary/aromatic N) is 5. The van der Waals surface area contributed by atoms with Crippen molar-refractivity contribution in [1.82, 2.24) is 27.8 Å². The van der Waals surface area contributed by atoms with Gasteiger partial charge in [-0.15, -0.1) is 0 Å². The van der Waals surface area contributed by atoms with Crippen molar-refractivity contribution in [1.29, 1.82) is 0 Å². The van der Waals surface area contributed by atoms with E-state index < -0.39 is 11.2 Å². The van der Waals surface area contributed by atoms with Crippen LogP contribution in [0.15, 0.2) is 143 Å². The molecule has 3 aromatic heterocycles. The molecule has 72 heavy (non-hydrogen) atoms. The van der Waals surface area contributed by atoms with Crippen LogP contribution >= 0.6 is 15.9 Å². The zero-order valence-electron chi connectivity index (χ0n) is 42.0. The number of rotatable bonds is 14. The predicted octanol–water partition coefficient (Wildman–Crippen LogP) is 9.71. The van der Waals surface area contributed by atoms with Crippen LogP contribution in [0.3, 0.4) is 0 Å². The number of hydrogen-bond acceptors (Lipinski definition) is 6. The number of halogens is 1. The molecule has 2 fully saturated rings. The molecule has 6 aromatic rings. The molecule has 3 aromatic carbocycles. The Hall–Kier alpha value is -6.70. The second-order valence-corrected chi connectivity index (χ2v) is 19.7. The lowest BCUT2D eigenvalue weighted by Gasteiger charge is -2.24. The molecule has 0 atom stereocenters. The van der Waals surface area contributed by atoms with E-state index in [1.165, 1.54) is 71.3 Å². The second kappa shape index (κ2) is 29.0. The van der Waals surface area contributed by atoms with Crippen LogP contribution in [0.25, 0.3) is 0 Å². The lowest BCUT2D eigenvalue weighted by molar-refractivity contribution is 0.292. The van der Waals surface area contributed by atoms with Crippen molar-refractivity contribution in [3.63, 3.8) is 0 Å². The third kappa shape index (κ3) is 16.7. The van der Waals surface area contributed by atoms with Gasteiger partial charge in [-0.3, -0.25) is 42.2 Å². The van der Waals surface area contributed by atoms with Crippen LogP contribution in [-0.4, -0.2) is 27.8 Å². The van der Waals surface area contributed by atoms with Gasteiger partial charge < -0.3 is 0 Å². The van der Waals surface area contributed by atoms with Crippen LogP contribution < -0.4 is 33.7 Å². The van der Waals surface area contributed by atoms with Crippen molar-refractivity contribution in [2.75, 3.05) is 0 Å². The maximum absolute atomic E-state index is 13.0. The molecule has 2 aliphatic rings. The third-order valence-electron chi connectivity index (χ3n) is 13.1. The molecule has 1 N–H and O–H groups in total. The van der Waals surface area contributed by atoms with Crippen molar-refractivity contribution in [3.8, 4) is 23.7 Å². The number of aromatic nitrogens is 6. The monoisotopic (exact) mass is 1040 g/mol. The molecule has 2 aliphatic carbocycles. The standard InChI is InChI=1S/C24H24N2O2.C18H27BrN2O2.C17H18N2O2/c1-2-3-4-11-16-22-19-25(17-20-12-7-5-8-13-20)24(28)26(23(22)27)18-21-14-9-6-10-15-21;19-16-13-20(11-14-7-3-1-4-8-14)18(23)21(17(16)22)12-15-9-5-2-6-10-15;1-2-3-4-8-11-15-13-19(17(21)18-16(15)20)12-14-9-6-5-7-10-14/h5-10,12-15,19H,2-4,17-18H2,1H3;13-15H,1-12H2;5-7,9-10,13H,2-4,12H2,1H3,(H,18,20,21). The van der Waals surface area contributed by atoms with Crippen molar-refractivity contribution in [2.24, 2.45) is 11.8 Å². The SMILES string of the molecule is CCCCC#Cc1cn(Cc2ccccc2)c(=O)[nH]c1=O.CCCCC#Cc1cn(Cc2ccccc2)c(=O)n(Cc2ccccc2)c1=O.O=c1c(Br)cn(CC2CCCCC2)c(=O)n1CC1CCCCC1. The first kappa shape index (κ1) is 54.6. The smallest absolute Gasteiger partial charge is 0.299 e. The van der Waals surface area contributed by atoms with Gasteiger partial charge in [0.1, 0.15) is 11.1 Å². The number of nitrogens with one attached hydrogen (secondary N) is 1. The average molecular weight is 1040 g/mol. The maximum Gasteiger partial charge on any atom is 0.331 e. The van der Waals surface area contributed by atoms with E-state index in [1.807, 2.05) is 91.0 Å². The van der Waals surface area contributed by atoms with Crippen LogP contribution in [0.4, 0.5) is 0 Å². The van der Waals surface area contributed by atoms with Gasteiger partial charge >= 0.3 is 17.1 Å². The average Bonchev–Trinajstić information content (AvgIpc) is 3.40. The summed E-state index contributed by atoms with van der Waals surface area (Å²) < 4.78 is 8.09. The molecule has 13 heteroatoms. The molecule has 0 amide bonds. The Kier molecular flexibility index (Phi) is 22.0. The minimum atomic E-state index is -0.423. The third-order valence-corrected chi connectivity index (χ3v) is 13.7. The summed E-state index contributed by atoms with van der Waals surface area (Å²) >= 11 is 3.37. The van der Waals surface area contributed by atoms with Crippen molar-refractivity contribution in [3.05, 3.63) is 204 Å². The van der Waals surface area contributed by atoms with E-state index in [2.05, 4.69) is 58.4 Å². The molecule has 378 valence electrons. The largest absolute Gasteiger partial charge is 0.331 e. The van der Waals surface area contributed by atoms with Gasteiger partial charge in [-0.05, 0) is 83.0 Å². The van der Waals surface area contributed by atoms with E-state index in [0.29, 0.717) is 47.1 Å². The van der Waals surface area contributed by atoms with Gasteiger partial charge in [0.25, 0.3) is 16.7 Å². The summed E-state index contributed by atoms with van der Waals surface area (Å²) in [6, 6.07) is 28.9. The second-order valence-electron chi connectivity index (χ2n) is 18.9. The van der Waals surface area contributed by atoms with Gasteiger partial charge in [-0.1, -0.05) is 180 Å². The van der Waals surface area contributed by atoms with Crippen LogP contribution in [0.5, 0.6) is 0 Å². The first-order valence-corrected chi connectivity index (χ1v) is 26.6. The zero-order chi connectivity index (χ0) is 51.1. The molecule has 0 radical (unpaired) electrons. The Morgan fingerprint density at radius 1 is 0.514 bits per heavy atom. The normalized spacial score (nSPS) is 13.5. The van der Waals surface area contributed by atoms with Crippen LogP contribution in [0, 0.1) is 35.5 Å². The fourth-order valence-electron chi connectivity index (χ4n) is 9.07. The number of hydrogen-bond donors (Lipinski definition) is 1. The van der Waals surface area contributed by atoms with Gasteiger partial charge in [0.2, 0.25) is 0 Å². The first-order chi connectivity index (χ1) is 35.0. The van der Waals surface area contributed by atoms with E-state index in [1.54, 1.807) is 21.5 Å². The maximum atomic E-state index is 13.0. The van der Waals surface area contributed by atoms with Gasteiger partial charge in [-0.2, -0.15) is 0 Å². The van der Waals surface area contributed by atoms with Gasteiger partial charge in [0.05, 0.1) is 24.1 Å². The summed E-state index contributed by atoms with van der Waals surface area (Å²) in [5.74, 6) is 12.9. The summed E-state index contributed by atoms with van der Waals surface area (Å²) in [7, 11) is 0. The Morgan fingerprint density at radius 3 is 1.50 bits per heavy atom. The predicted molar refractivity (Wildman–Crippen MR) is 292 cm³/mol. The summed E-state index contributed by atoms with van der Waals surface area (Å²) in [6.45, 7) is 6.59. The van der Waals surface area contributed by atoms with E-state index >= 15 is 0 Å². The molecule has 12 nitrogen and oxygen atoms in total. The highest BCUT2D eigenvalue weighted by Crippen LogP contribution is 2.26. The van der Waals surface area contributed by atoms with E-state index in [0.717, 1.165) is 74.6 Å². The van der Waals surface area contributed by atoms with E-state index in [4.69, 9.17) is 0 Å². The number of aromatic amines is 1. The van der Waals surface area contributed by atoms with Crippen molar-refractivity contribution in [2.45, 2.75) is 149 Å². The van der Waals surface area contributed by atoms with Crippen molar-refractivity contribution >= 4 is 15.9 Å². The number of unbranched alkanes of at least 4 members (excludes halogenated alkanes) is 4. The fourth-order valence-corrected chi connectivity index (χ4v) is 9.53. The topological polar surface area (TPSA) is 143 Å². The van der Waals surface area contributed by atoms with Gasteiger partial charge in [0, 0.05) is 44.5 Å². The highest BCUT2D eigenvalue weighted by molar-refractivity contribution is 9.10. The Balaban J connectivity index is 0.000000179. The Morgan fingerprint density at radius 2 is 0.972 bits per heavy atom. The van der Waals surface area contributed by atoms with E-state index in [-0.39, 0.29) is 29.0 Å². The van der Waals surface area contributed by atoms with Crippen LogP contribution in [0.1, 0.15) is 144 Å². The number of benzene rings is 3. The Labute approximate surface area is 431 Å². The first-order valence-electron chi connectivity index (χ1n) is 25.8. The quantitative estimate of drug-likeness (QED) is 0.0851. The summed E-state index contributed by atoms with van der Waals surface area (Å²) in [6.07, 6.45) is 22.7. The van der Waals surface area contributed by atoms with Crippen LogP contribution in [-0.2, 0) is 32.7 Å². The van der Waals surface area contributed by atoms with Gasteiger partial charge in [-0.25, -0.2) is 14.4 Å². The number of H-pyrrole nitrogens is 1. The van der Waals surface area contributed by atoms with E-state index in [9.17, 15) is 28.8 Å². The zero-order valence-corrected chi connectivity index (χ0v) is 43.5. The lowest BCUT2D eigenvalue weighted by atomic mass is 9.89. The minimum Gasteiger partial charge on any atom is -0.299 e. The summed E-state index contributed by atoms with van der Waals surface area (Å²) in [4.78, 5) is 77.0. The molecule has 0 aliphatic heterocycles. The molecule has 0 spiro atoms. The highest BCUT2D eigenvalue weighted by Gasteiger charge is 2.20. The highest BCUT2D eigenvalue weighted by atomic mass is 79.9. The molecule has 2 saturated carbocycles. The van der Waals surface area contributed by atoms with Gasteiger partial charge in [0.15, 0.2) is 0 Å². The summed E-state index contributed by atoms with van der Waals surface area (Å²) in [5.41, 5.74) is 1.83. The Bertz CT molecular complexity index is 3150.